The number of nitrogens with zero attached hydrogens (tertiary/aromatic N) is 2. The van der Waals surface area contributed by atoms with Gasteiger partial charge in [0.05, 0.1) is 12.3 Å². The quantitative estimate of drug-likeness (QED) is 0.669. The molecule has 0 unspecified atom stereocenters. The first-order valence-electron chi connectivity index (χ1n) is 8.71. The Bertz CT molecular complexity index is 1090. The van der Waals surface area contributed by atoms with E-state index in [9.17, 15) is 9.59 Å². The molecular formula is C21H18N2O4. The van der Waals surface area contributed by atoms with Crippen molar-refractivity contribution in [3.63, 3.8) is 0 Å². The van der Waals surface area contributed by atoms with Gasteiger partial charge in [-0.3, -0.25) is 4.79 Å². The Hall–Kier alpha value is -3.41. The highest BCUT2D eigenvalue weighted by Crippen LogP contribution is 2.22. The van der Waals surface area contributed by atoms with E-state index in [-0.39, 0.29) is 12.5 Å². The number of hydrazone groups is 1. The Morgan fingerprint density at radius 1 is 1.19 bits per heavy atom. The number of carbonyl (C=O) groups is 1. The summed E-state index contributed by atoms with van der Waals surface area (Å²) < 4.78 is 10.8. The number of fused-ring (bicyclic) bond motifs is 1. The molecular weight excluding hydrogens is 344 g/mol. The van der Waals surface area contributed by atoms with Crippen LogP contribution in [0.1, 0.15) is 17.5 Å². The molecule has 0 bridgehead atoms. The Morgan fingerprint density at radius 2 is 2.00 bits per heavy atom. The van der Waals surface area contributed by atoms with Gasteiger partial charge in [-0.05, 0) is 30.2 Å². The molecule has 0 spiro atoms. The average molecular weight is 362 g/mol. The van der Waals surface area contributed by atoms with Crippen LogP contribution in [0.2, 0.25) is 0 Å². The van der Waals surface area contributed by atoms with E-state index in [1.54, 1.807) is 12.1 Å². The SMILES string of the molecule is Cc1cc(=O)oc2cc(OCC(=O)N3CCC(c4ccccc4)=N3)ccc12. The van der Waals surface area contributed by atoms with Crippen LogP contribution in [0.4, 0.5) is 0 Å². The molecule has 1 amide bonds. The van der Waals surface area contributed by atoms with Gasteiger partial charge in [0, 0.05) is 23.9 Å². The lowest BCUT2D eigenvalue weighted by molar-refractivity contribution is -0.132. The molecule has 1 aromatic heterocycles. The summed E-state index contributed by atoms with van der Waals surface area (Å²) in [6, 6.07) is 16.4. The van der Waals surface area contributed by atoms with Crippen molar-refractivity contribution in [1.82, 2.24) is 5.01 Å². The Labute approximate surface area is 155 Å². The molecule has 136 valence electrons. The van der Waals surface area contributed by atoms with Crippen LogP contribution in [0.5, 0.6) is 5.75 Å². The maximum atomic E-state index is 12.4. The van der Waals surface area contributed by atoms with E-state index < -0.39 is 5.63 Å². The van der Waals surface area contributed by atoms with Gasteiger partial charge in [-0.15, -0.1) is 0 Å². The molecule has 1 aliphatic rings. The topological polar surface area (TPSA) is 72.1 Å². The molecule has 0 radical (unpaired) electrons. The van der Waals surface area contributed by atoms with Crippen molar-refractivity contribution in [2.75, 3.05) is 13.2 Å². The third-order valence-corrected chi connectivity index (χ3v) is 4.48. The van der Waals surface area contributed by atoms with Gasteiger partial charge >= 0.3 is 5.63 Å². The summed E-state index contributed by atoms with van der Waals surface area (Å²) in [6.07, 6.45) is 0.718. The van der Waals surface area contributed by atoms with E-state index in [4.69, 9.17) is 9.15 Å². The lowest BCUT2D eigenvalue weighted by atomic mass is 10.1. The maximum absolute atomic E-state index is 12.4. The second kappa shape index (κ2) is 7.07. The third kappa shape index (κ3) is 3.60. The van der Waals surface area contributed by atoms with Crippen molar-refractivity contribution in [2.24, 2.45) is 5.10 Å². The predicted octanol–water partition coefficient (Wildman–Crippen LogP) is 3.12. The number of ether oxygens (including phenoxy) is 1. The number of rotatable bonds is 4. The van der Waals surface area contributed by atoms with E-state index >= 15 is 0 Å². The van der Waals surface area contributed by atoms with Crippen LogP contribution in [-0.4, -0.2) is 29.8 Å². The molecule has 0 fully saturated rings. The molecule has 2 aromatic carbocycles. The number of hydrogen-bond donors (Lipinski definition) is 0. The van der Waals surface area contributed by atoms with Gasteiger partial charge in [0.2, 0.25) is 0 Å². The summed E-state index contributed by atoms with van der Waals surface area (Å²) in [7, 11) is 0. The summed E-state index contributed by atoms with van der Waals surface area (Å²) in [5.41, 5.74) is 2.79. The number of benzene rings is 2. The van der Waals surface area contributed by atoms with Crippen molar-refractivity contribution >= 4 is 22.6 Å². The van der Waals surface area contributed by atoms with Crippen molar-refractivity contribution in [3.8, 4) is 5.75 Å². The number of aryl methyl sites for hydroxylation is 1. The summed E-state index contributed by atoms with van der Waals surface area (Å²) >= 11 is 0. The maximum Gasteiger partial charge on any atom is 0.336 e. The molecule has 0 atom stereocenters. The van der Waals surface area contributed by atoms with Gasteiger partial charge in [-0.1, -0.05) is 30.3 Å². The molecule has 6 heteroatoms. The zero-order valence-electron chi connectivity index (χ0n) is 14.8. The van der Waals surface area contributed by atoms with Crippen LogP contribution in [0.15, 0.2) is 68.9 Å². The lowest BCUT2D eigenvalue weighted by Crippen LogP contribution is -2.28. The van der Waals surface area contributed by atoms with Gasteiger partial charge in [-0.25, -0.2) is 9.80 Å². The second-order valence-electron chi connectivity index (χ2n) is 6.37. The van der Waals surface area contributed by atoms with Crippen LogP contribution in [0, 0.1) is 6.92 Å². The van der Waals surface area contributed by atoms with Gasteiger partial charge in [0.1, 0.15) is 11.3 Å². The van der Waals surface area contributed by atoms with Gasteiger partial charge in [0.25, 0.3) is 5.91 Å². The Kier molecular flexibility index (Phi) is 4.46. The molecule has 2 heterocycles. The minimum Gasteiger partial charge on any atom is -0.484 e. The Balaban J connectivity index is 1.44. The second-order valence-corrected chi connectivity index (χ2v) is 6.37. The first-order chi connectivity index (χ1) is 13.1. The van der Waals surface area contributed by atoms with E-state index in [2.05, 4.69) is 5.10 Å². The van der Waals surface area contributed by atoms with E-state index in [1.807, 2.05) is 43.3 Å². The summed E-state index contributed by atoms with van der Waals surface area (Å²) in [6.45, 7) is 2.25. The highest BCUT2D eigenvalue weighted by atomic mass is 16.5. The van der Waals surface area contributed by atoms with Crippen molar-refractivity contribution in [2.45, 2.75) is 13.3 Å². The van der Waals surface area contributed by atoms with Crippen LogP contribution in [0.25, 0.3) is 11.0 Å². The Morgan fingerprint density at radius 3 is 2.81 bits per heavy atom. The standard InChI is InChI=1S/C21H18N2O4/c1-14-11-21(25)27-19-12-16(7-8-17(14)19)26-13-20(24)23-10-9-18(22-23)15-5-3-2-4-6-15/h2-8,11-12H,9-10,13H2,1H3. The molecule has 0 saturated carbocycles. The number of hydrogen-bond acceptors (Lipinski definition) is 5. The fraction of sp³-hybridized carbons (Fsp3) is 0.190. The highest BCUT2D eigenvalue weighted by molar-refractivity contribution is 6.02. The summed E-state index contributed by atoms with van der Waals surface area (Å²) in [5.74, 6) is 0.253. The fourth-order valence-corrected chi connectivity index (χ4v) is 3.09. The molecule has 0 aliphatic carbocycles. The van der Waals surface area contributed by atoms with E-state index in [0.29, 0.717) is 17.9 Å². The molecule has 1 aliphatic heterocycles. The molecule has 6 nitrogen and oxygen atoms in total. The van der Waals surface area contributed by atoms with Crippen LogP contribution < -0.4 is 10.4 Å². The van der Waals surface area contributed by atoms with Crippen LogP contribution >= 0.6 is 0 Å². The molecule has 3 aromatic rings. The summed E-state index contributed by atoms with van der Waals surface area (Å²) in [5, 5.41) is 6.68. The fourth-order valence-electron chi connectivity index (χ4n) is 3.09. The smallest absolute Gasteiger partial charge is 0.336 e. The molecule has 4 rings (SSSR count). The van der Waals surface area contributed by atoms with Gasteiger partial charge < -0.3 is 9.15 Å². The lowest BCUT2D eigenvalue weighted by Gasteiger charge is -2.12. The van der Waals surface area contributed by atoms with Crippen LogP contribution in [-0.2, 0) is 4.79 Å². The van der Waals surface area contributed by atoms with E-state index in [1.165, 1.54) is 11.1 Å². The third-order valence-electron chi connectivity index (χ3n) is 4.48. The van der Waals surface area contributed by atoms with Gasteiger partial charge in [-0.2, -0.15) is 5.10 Å². The summed E-state index contributed by atoms with van der Waals surface area (Å²) in [4.78, 5) is 23.9. The van der Waals surface area contributed by atoms with Crippen molar-refractivity contribution < 1.29 is 13.9 Å². The van der Waals surface area contributed by atoms with Crippen molar-refractivity contribution in [3.05, 3.63) is 76.1 Å². The normalized spacial score (nSPS) is 13.7. The van der Waals surface area contributed by atoms with Crippen molar-refractivity contribution in [1.29, 1.82) is 0 Å². The first kappa shape index (κ1) is 17.0. The molecule has 0 saturated heterocycles. The number of amides is 1. The first-order valence-corrected chi connectivity index (χ1v) is 8.71. The highest BCUT2D eigenvalue weighted by Gasteiger charge is 2.21. The zero-order valence-corrected chi connectivity index (χ0v) is 14.8. The average Bonchev–Trinajstić information content (AvgIpc) is 3.17. The zero-order chi connectivity index (χ0) is 18.8. The number of carbonyl (C=O) groups excluding carboxylic acids is 1. The molecule has 0 N–H and O–H groups in total. The van der Waals surface area contributed by atoms with Crippen LogP contribution in [0.3, 0.4) is 0 Å². The monoisotopic (exact) mass is 362 g/mol. The van der Waals surface area contributed by atoms with Gasteiger partial charge in [0.15, 0.2) is 6.61 Å². The minimum absolute atomic E-state index is 0.132. The predicted molar refractivity (Wildman–Crippen MR) is 102 cm³/mol. The van der Waals surface area contributed by atoms with E-state index in [0.717, 1.165) is 28.6 Å². The minimum atomic E-state index is -0.409. The largest absolute Gasteiger partial charge is 0.484 e. The molecule has 27 heavy (non-hydrogen) atoms.